The summed E-state index contributed by atoms with van der Waals surface area (Å²) in [5, 5.41) is 21.8. The quantitative estimate of drug-likeness (QED) is 0.371. The number of rotatable bonds is 6. The first kappa shape index (κ1) is 17.3. The molecule has 21 heavy (non-hydrogen) atoms. The average Bonchev–Trinajstić information content (AvgIpc) is 2.85. The predicted octanol–water partition coefficient (Wildman–Crippen LogP) is -0.966. The van der Waals surface area contributed by atoms with Crippen LogP contribution in [0.5, 0.6) is 0 Å². The standard InChI is InChI=1S/C13H23N5O3/c1-7(15-2)11(12(14)16-3)13(17-4)18-10-5-8(20)9(6-19)21-10/h8-10,18-20H,4-6H2,1-3H3,(H2,14,16)/b13-11+,15-7-/t8?,9-,10-/m1/s1. The summed E-state index contributed by atoms with van der Waals surface area (Å²) in [6, 6.07) is 0. The van der Waals surface area contributed by atoms with Crippen molar-refractivity contribution in [2.24, 2.45) is 20.7 Å². The zero-order valence-corrected chi connectivity index (χ0v) is 12.6. The molecule has 1 unspecified atom stereocenters. The third-order valence-electron chi connectivity index (χ3n) is 3.29. The summed E-state index contributed by atoms with van der Waals surface area (Å²) in [5.41, 5.74) is 7.05. The van der Waals surface area contributed by atoms with Crippen molar-refractivity contribution in [2.45, 2.75) is 31.8 Å². The van der Waals surface area contributed by atoms with Crippen molar-refractivity contribution < 1.29 is 14.9 Å². The zero-order chi connectivity index (χ0) is 16.0. The summed E-state index contributed by atoms with van der Waals surface area (Å²) in [6.45, 7) is 5.04. The first-order valence-corrected chi connectivity index (χ1v) is 6.56. The van der Waals surface area contributed by atoms with Crippen LogP contribution in [0.15, 0.2) is 26.4 Å². The normalized spacial score (nSPS) is 28.3. The maximum absolute atomic E-state index is 9.73. The van der Waals surface area contributed by atoms with E-state index < -0.39 is 18.4 Å². The predicted molar refractivity (Wildman–Crippen MR) is 82.7 cm³/mol. The Balaban J connectivity index is 3.04. The fourth-order valence-electron chi connectivity index (χ4n) is 2.04. The number of aliphatic hydroxyl groups is 2. The lowest BCUT2D eigenvalue weighted by atomic mass is 10.1. The van der Waals surface area contributed by atoms with Gasteiger partial charge < -0.3 is 26.0 Å². The van der Waals surface area contributed by atoms with Crippen LogP contribution in [0.2, 0.25) is 0 Å². The number of nitrogens with zero attached hydrogens (tertiary/aromatic N) is 3. The number of ether oxygens (including phenoxy) is 1. The number of nitrogens with one attached hydrogen (secondary N) is 1. The van der Waals surface area contributed by atoms with Crippen LogP contribution >= 0.6 is 0 Å². The second kappa shape index (κ2) is 7.87. The lowest BCUT2D eigenvalue weighted by Gasteiger charge is -2.18. The van der Waals surface area contributed by atoms with Crippen molar-refractivity contribution in [3.63, 3.8) is 0 Å². The number of nitrogens with two attached hydrogens (primary N) is 1. The second-order valence-electron chi connectivity index (χ2n) is 4.59. The Morgan fingerprint density at radius 3 is 2.52 bits per heavy atom. The van der Waals surface area contributed by atoms with Gasteiger partial charge in [0.05, 0.1) is 18.3 Å². The van der Waals surface area contributed by atoms with Crippen LogP contribution in [-0.4, -0.2) is 67.6 Å². The molecule has 0 saturated carbocycles. The van der Waals surface area contributed by atoms with E-state index in [1.807, 2.05) is 0 Å². The summed E-state index contributed by atoms with van der Waals surface area (Å²) in [7, 11) is 3.20. The van der Waals surface area contributed by atoms with Gasteiger partial charge in [0.15, 0.2) is 0 Å². The highest BCUT2D eigenvalue weighted by atomic mass is 16.5. The van der Waals surface area contributed by atoms with Gasteiger partial charge in [-0.05, 0) is 13.6 Å². The van der Waals surface area contributed by atoms with Gasteiger partial charge in [0.25, 0.3) is 0 Å². The molecule has 0 amide bonds. The molecule has 1 heterocycles. The fraction of sp³-hybridized carbons (Fsp3) is 0.615. The number of hydrogen-bond acceptors (Lipinski definition) is 7. The van der Waals surface area contributed by atoms with E-state index in [1.165, 1.54) is 0 Å². The van der Waals surface area contributed by atoms with Crippen molar-refractivity contribution in [3.05, 3.63) is 11.4 Å². The minimum Gasteiger partial charge on any atom is -0.394 e. The Morgan fingerprint density at radius 1 is 1.43 bits per heavy atom. The summed E-state index contributed by atoms with van der Waals surface area (Å²) >= 11 is 0. The third kappa shape index (κ3) is 4.10. The number of amidine groups is 1. The molecule has 8 nitrogen and oxygen atoms in total. The van der Waals surface area contributed by atoms with E-state index in [0.29, 0.717) is 23.5 Å². The van der Waals surface area contributed by atoms with Crippen molar-refractivity contribution in [1.82, 2.24) is 5.32 Å². The second-order valence-corrected chi connectivity index (χ2v) is 4.59. The van der Waals surface area contributed by atoms with E-state index in [1.54, 1.807) is 21.0 Å². The molecule has 1 rings (SSSR count). The van der Waals surface area contributed by atoms with E-state index in [9.17, 15) is 5.11 Å². The zero-order valence-electron chi connectivity index (χ0n) is 12.6. The fourth-order valence-corrected chi connectivity index (χ4v) is 2.04. The Kier molecular flexibility index (Phi) is 6.47. The summed E-state index contributed by atoms with van der Waals surface area (Å²) < 4.78 is 5.48. The van der Waals surface area contributed by atoms with Gasteiger partial charge in [0, 0.05) is 26.2 Å². The van der Waals surface area contributed by atoms with Gasteiger partial charge in [0.2, 0.25) is 0 Å². The number of aliphatic hydroxyl groups excluding tert-OH is 2. The molecule has 0 aromatic carbocycles. The van der Waals surface area contributed by atoms with Crippen molar-refractivity contribution in [2.75, 3.05) is 20.7 Å². The van der Waals surface area contributed by atoms with Gasteiger partial charge in [-0.1, -0.05) is 0 Å². The largest absolute Gasteiger partial charge is 0.394 e. The molecular formula is C13H23N5O3. The highest BCUT2D eigenvalue weighted by molar-refractivity contribution is 6.22. The van der Waals surface area contributed by atoms with Crippen LogP contribution in [0.3, 0.4) is 0 Å². The molecular weight excluding hydrogens is 274 g/mol. The molecule has 1 saturated heterocycles. The first-order chi connectivity index (χ1) is 9.98. The Bertz CT molecular complexity index is 452. The van der Waals surface area contributed by atoms with E-state index in [-0.39, 0.29) is 12.4 Å². The molecule has 1 fully saturated rings. The number of aliphatic imine (C=N–C) groups is 3. The van der Waals surface area contributed by atoms with Gasteiger partial charge in [0.1, 0.15) is 24.0 Å². The van der Waals surface area contributed by atoms with E-state index >= 15 is 0 Å². The molecule has 0 spiro atoms. The monoisotopic (exact) mass is 297 g/mol. The van der Waals surface area contributed by atoms with Crippen LogP contribution in [0, 0.1) is 0 Å². The van der Waals surface area contributed by atoms with Crippen LogP contribution in [-0.2, 0) is 4.74 Å². The van der Waals surface area contributed by atoms with Gasteiger partial charge in [-0.25, -0.2) is 4.99 Å². The molecule has 118 valence electrons. The molecule has 3 atom stereocenters. The highest BCUT2D eigenvalue weighted by Gasteiger charge is 2.34. The minimum absolute atomic E-state index is 0.249. The van der Waals surface area contributed by atoms with Gasteiger partial charge >= 0.3 is 0 Å². The lowest BCUT2D eigenvalue weighted by molar-refractivity contribution is -0.0280. The van der Waals surface area contributed by atoms with E-state index in [2.05, 4.69) is 27.0 Å². The smallest absolute Gasteiger partial charge is 0.140 e. The topological polar surface area (TPSA) is 125 Å². The van der Waals surface area contributed by atoms with Crippen LogP contribution in [0.25, 0.3) is 0 Å². The maximum Gasteiger partial charge on any atom is 0.140 e. The first-order valence-electron chi connectivity index (χ1n) is 6.56. The Hall–Kier alpha value is -1.77. The van der Waals surface area contributed by atoms with Crippen molar-refractivity contribution >= 4 is 18.3 Å². The number of hydrogen-bond donors (Lipinski definition) is 4. The summed E-state index contributed by atoms with van der Waals surface area (Å²) in [5.74, 6) is 0.641. The van der Waals surface area contributed by atoms with Crippen molar-refractivity contribution in [1.29, 1.82) is 0 Å². The molecule has 0 aliphatic carbocycles. The summed E-state index contributed by atoms with van der Waals surface area (Å²) in [4.78, 5) is 12.0. The molecule has 0 bridgehead atoms. The molecule has 5 N–H and O–H groups in total. The van der Waals surface area contributed by atoms with Gasteiger partial charge in [-0.2, -0.15) is 0 Å². The molecule has 1 aliphatic heterocycles. The highest BCUT2D eigenvalue weighted by Crippen LogP contribution is 2.20. The van der Waals surface area contributed by atoms with Crippen LogP contribution < -0.4 is 11.1 Å². The van der Waals surface area contributed by atoms with E-state index in [4.69, 9.17) is 15.6 Å². The Labute approximate surface area is 124 Å². The molecule has 0 aromatic rings. The average molecular weight is 297 g/mol. The van der Waals surface area contributed by atoms with Gasteiger partial charge in [-0.3, -0.25) is 9.98 Å². The maximum atomic E-state index is 9.73. The van der Waals surface area contributed by atoms with Crippen molar-refractivity contribution in [3.8, 4) is 0 Å². The van der Waals surface area contributed by atoms with E-state index in [0.717, 1.165) is 0 Å². The van der Waals surface area contributed by atoms with Gasteiger partial charge in [-0.15, -0.1) is 0 Å². The Morgan fingerprint density at radius 2 is 2.10 bits per heavy atom. The third-order valence-corrected chi connectivity index (χ3v) is 3.29. The lowest BCUT2D eigenvalue weighted by Crippen LogP contribution is -2.33. The van der Waals surface area contributed by atoms with Crippen LogP contribution in [0.1, 0.15) is 13.3 Å². The SMILES string of the molecule is C=N/C(N[C@H]1CC(O)[C@@H](CO)O1)=C(C(/C)=N\C)\C(N)=N/C. The van der Waals surface area contributed by atoms with Crippen LogP contribution in [0.4, 0.5) is 0 Å². The minimum atomic E-state index is -0.736. The molecule has 8 heteroatoms. The molecule has 0 aromatic heterocycles. The molecule has 0 radical (unpaired) electrons. The summed E-state index contributed by atoms with van der Waals surface area (Å²) in [6.07, 6.45) is -1.53. The molecule has 1 aliphatic rings.